The molecule has 182 valence electrons. The molecular weight excluding hydrogens is 434 g/mol. The van der Waals surface area contributed by atoms with Crippen molar-refractivity contribution in [2.24, 2.45) is 5.41 Å². The molecule has 0 spiro atoms. The number of rotatable bonds is 5. The van der Waals surface area contributed by atoms with Crippen LogP contribution in [0.25, 0.3) is 0 Å². The highest BCUT2D eigenvalue weighted by Gasteiger charge is 2.41. The first-order chi connectivity index (χ1) is 17.0. The maximum Gasteiger partial charge on any atom is 0.228 e. The lowest BCUT2D eigenvalue weighted by atomic mass is 9.78. The summed E-state index contributed by atoms with van der Waals surface area (Å²) in [6.07, 6.45) is 8.16. The number of aryl methyl sites for hydroxylation is 1. The standard InChI is InChI=1S/C29H35N5O/c1-22-7-3-8-23(19-22)20-25-10-4-11-26(32-25)24-9-5-16-34(21-24)27(35)29(2)12-17-33(18-13-29)28-30-14-6-15-31-28/h3-4,6-8,10-11,14-15,19,24H,5,9,12-13,16-18,20-21H2,1-2H3. The highest BCUT2D eigenvalue weighted by atomic mass is 16.2. The smallest absolute Gasteiger partial charge is 0.228 e. The van der Waals surface area contributed by atoms with Crippen molar-refractivity contribution >= 4 is 11.9 Å². The Morgan fingerprint density at radius 1 is 1.03 bits per heavy atom. The van der Waals surface area contributed by atoms with E-state index in [0.29, 0.717) is 11.8 Å². The van der Waals surface area contributed by atoms with Gasteiger partial charge in [-0.05, 0) is 56.4 Å². The maximum atomic E-state index is 13.7. The van der Waals surface area contributed by atoms with E-state index in [2.05, 4.69) is 76.1 Å². The number of anilines is 1. The molecule has 2 aliphatic heterocycles. The summed E-state index contributed by atoms with van der Waals surface area (Å²) in [5.74, 6) is 1.36. The first-order valence-corrected chi connectivity index (χ1v) is 12.8. The van der Waals surface area contributed by atoms with Crippen LogP contribution in [-0.2, 0) is 11.2 Å². The molecule has 1 atom stereocenters. The van der Waals surface area contributed by atoms with Crippen LogP contribution in [0.4, 0.5) is 5.95 Å². The molecule has 5 rings (SSSR count). The summed E-state index contributed by atoms with van der Waals surface area (Å²) in [5, 5.41) is 0. The SMILES string of the molecule is Cc1cccc(Cc2cccc(C3CCCN(C(=O)C4(C)CCN(c5ncccn5)CC4)C3)n2)c1. The fourth-order valence-electron chi connectivity index (χ4n) is 5.51. The molecule has 0 bridgehead atoms. The number of carbonyl (C=O) groups excluding carboxylic acids is 1. The first kappa shape index (κ1) is 23.5. The van der Waals surface area contributed by atoms with Crippen molar-refractivity contribution in [3.8, 4) is 0 Å². The van der Waals surface area contributed by atoms with Gasteiger partial charge in [-0.1, -0.05) is 42.8 Å². The van der Waals surface area contributed by atoms with Gasteiger partial charge >= 0.3 is 0 Å². The molecule has 3 aromatic rings. The average molecular weight is 470 g/mol. The largest absolute Gasteiger partial charge is 0.342 e. The number of likely N-dealkylation sites (tertiary alicyclic amines) is 1. The second-order valence-electron chi connectivity index (χ2n) is 10.4. The van der Waals surface area contributed by atoms with Crippen molar-refractivity contribution in [2.45, 2.75) is 51.9 Å². The van der Waals surface area contributed by atoms with Gasteiger partial charge < -0.3 is 9.80 Å². The predicted octanol–water partition coefficient (Wildman–Crippen LogP) is 4.78. The fraction of sp³-hybridized carbons (Fsp3) is 0.448. The number of piperidine rings is 2. The lowest BCUT2D eigenvalue weighted by Crippen LogP contribution is -2.51. The minimum absolute atomic E-state index is 0.298. The third kappa shape index (κ3) is 5.37. The molecule has 1 aromatic carbocycles. The number of benzene rings is 1. The van der Waals surface area contributed by atoms with E-state index < -0.39 is 0 Å². The van der Waals surface area contributed by atoms with Crippen molar-refractivity contribution in [3.05, 3.63) is 83.4 Å². The van der Waals surface area contributed by atoms with E-state index in [1.165, 1.54) is 11.1 Å². The summed E-state index contributed by atoms with van der Waals surface area (Å²) in [4.78, 5) is 31.8. The van der Waals surface area contributed by atoms with Gasteiger partial charge in [-0.25, -0.2) is 9.97 Å². The topological polar surface area (TPSA) is 62.2 Å². The molecule has 35 heavy (non-hydrogen) atoms. The third-order valence-corrected chi connectivity index (χ3v) is 7.64. The van der Waals surface area contributed by atoms with Crippen molar-refractivity contribution < 1.29 is 4.79 Å². The van der Waals surface area contributed by atoms with E-state index in [1.54, 1.807) is 12.4 Å². The van der Waals surface area contributed by atoms with Gasteiger partial charge in [0.25, 0.3) is 0 Å². The van der Waals surface area contributed by atoms with Crippen LogP contribution < -0.4 is 4.90 Å². The van der Waals surface area contributed by atoms with Gasteiger partial charge in [-0.2, -0.15) is 0 Å². The van der Waals surface area contributed by atoms with Crippen LogP contribution in [-0.4, -0.2) is 51.9 Å². The number of hydrogen-bond acceptors (Lipinski definition) is 5. The first-order valence-electron chi connectivity index (χ1n) is 12.8. The van der Waals surface area contributed by atoms with E-state index in [1.807, 2.05) is 6.07 Å². The minimum atomic E-state index is -0.326. The van der Waals surface area contributed by atoms with Gasteiger partial charge in [0.05, 0.1) is 0 Å². The predicted molar refractivity (Wildman–Crippen MR) is 138 cm³/mol. The van der Waals surface area contributed by atoms with Gasteiger partial charge in [0.15, 0.2) is 0 Å². The lowest BCUT2D eigenvalue weighted by Gasteiger charge is -2.43. The molecule has 6 nitrogen and oxygen atoms in total. The van der Waals surface area contributed by atoms with Crippen LogP contribution in [0, 0.1) is 12.3 Å². The summed E-state index contributed by atoms with van der Waals surface area (Å²) in [6, 6.07) is 16.8. The maximum absolute atomic E-state index is 13.7. The van der Waals surface area contributed by atoms with Crippen molar-refractivity contribution in [1.29, 1.82) is 0 Å². The average Bonchev–Trinajstić information content (AvgIpc) is 2.89. The molecule has 0 radical (unpaired) electrons. The van der Waals surface area contributed by atoms with Crippen LogP contribution in [0.2, 0.25) is 0 Å². The van der Waals surface area contributed by atoms with Gasteiger partial charge in [0.1, 0.15) is 0 Å². The van der Waals surface area contributed by atoms with Crippen molar-refractivity contribution in [1.82, 2.24) is 19.9 Å². The van der Waals surface area contributed by atoms with E-state index >= 15 is 0 Å². The monoisotopic (exact) mass is 469 g/mol. The molecule has 0 saturated carbocycles. The Kier molecular flexibility index (Phi) is 6.80. The zero-order valence-corrected chi connectivity index (χ0v) is 20.9. The Hall–Kier alpha value is -3.28. The molecule has 1 unspecified atom stereocenters. The fourth-order valence-corrected chi connectivity index (χ4v) is 5.51. The molecule has 2 aliphatic rings. The highest BCUT2D eigenvalue weighted by molar-refractivity contribution is 5.83. The normalized spacial score (nSPS) is 20.0. The Morgan fingerprint density at radius 3 is 2.57 bits per heavy atom. The summed E-state index contributed by atoms with van der Waals surface area (Å²) < 4.78 is 0. The molecule has 4 heterocycles. The molecule has 2 aromatic heterocycles. The second-order valence-corrected chi connectivity index (χ2v) is 10.4. The van der Waals surface area contributed by atoms with E-state index in [4.69, 9.17) is 4.98 Å². The van der Waals surface area contributed by atoms with E-state index in [9.17, 15) is 4.79 Å². The van der Waals surface area contributed by atoms with E-state index in [0.717, 1.165) is 75.6 Å². The van der Waals surface area contributed by atoms with Crippen molar-refractivity contribution in [3.63, 3.8) is 0 Å². The Labute approximate surface area is 208 Å². The second kappa shape index (κ2) is 10.1. The number of pyridine rings is 1. The highest BCUT2D eigenvalue weighted by Crippen LogP contribution is 2.36. The Balaban J connectivity index is 1.23. The molecule has 1 amide bonds. The Bertz CT molecular complexity index is 1160. The number of nitrogens with zero attached hydrogens (tertiary/aromatic N) is 5. The van der Waals surface area contributed by atoms with Crippen molar-refractivity contribution in [2.75, 3.05) is 31.1 Å². The van der Waals surface area contributed by atoms with Crippen LogP contribution in [0.5, 0.6) is 0 Å². The zero-order valence-electron chi connectivity index (χ0n) is 20.9. The van der Waals surface area contributed by atoms with E-state index in [-0.39, 0.29) is 5.41 Å². The molecule has 0 aliphatic carbocycles. The number of hydrogen-bond donors (Lipinski definition) is 0. The third-order valence-electron chi connectivity index (χ3n) is 7.64. The van der Waals surface area contributed by atoms with Crippen LogP contribution >= 0.6 is 0 Å². The van der Waals surface area contributed by atoms with Gasteiger partial charge in [0.2, 0.25) is 11.9 Å². The summed E-state index contributed by atoms with van der Waals surface area (Å²) in [5.41, 5.74) is 4.45. The van der Waals surface area contributed by atoms with Crippen LogP contribution in [0.3, 0.4) is 0 Å². The summed E-state index contributed by atoms with van der Waals surface area (Å²) >= 11 is 0. The lowest BCUT2D eigenvalue weighted by molar-refractivity contribution is -0.143. The Morgan fingerprint density at radius 2 is 1.80 bits per heavy atom. The number of amides is 1. The number of carbonyl (C=O) groups is 1. The van der Waals surface area contributed by atoms with Gasteiger partial charge in [-0.15, -0.1) is 0 Å². The van der Waals surface area contributed by atoms with Gasteiger partial charge in [-0.3, -0.25) is 9.78 Å². The molecule has 6 heteroatoms. The molecule has 2 fully saturated rings. The molecule has 0 N–H and O–H groups in total. The zero-order chi connectivity index (χ0) is 24.3. The number of aromatic nitrogens is 3. The van der Waals surface area contributed by atoms with Gasteiger partial charge in [0, 0.05) is 67.7 Å². The van der Waals surface area contributed by atoms with Crippen LogP contribution in [0.1, 0.15) is 61.0 Å². The minimum Gasteiger partial charge on any atom is -0.342 e. The summed E-state index contributed by atoms with van der Waals surface area (Å²) in [7, 11) is 0. The molecule has 2 saturated heterocycles. The van der Waals surface area contributed by atoms with Crippen LogP contribution in [0.15, 0.2) is 60.9 Å². The quantitative estimate of drug-likeness (QED) is 0.538. The molecular formula is C29H35N5O. The summed E-state index contributed by atoms with van der Waals surface area (Å²) in [6.45, 7) is 7.50.